The number of halogens is 1. The van der Waals surface area contributed by atoms with Crippen molar-refractivity contribution in [2.24, 2.45) is 0 Å². The number of likely N-dealkylation sites (N-methyl/N-ethyl adjacent to an activating group) is 1. The summed E-state index contributed by atoms with van der Waals surface area (Å²) in [4.78, 5) is 11.3. The first-order valence-electron chi connectivity index (χ1n) is 5.92. The van der Waals surface area contributed by atoms with Gasteiger partial charge in [-0.3, -0.25) is 4.79 Å². The van der Waals surface area contributed by atoms with Gasteiger partial charge in [-0.1, -0.05) is 6.07 Å². The quantitative estimate of drug-likeness (QED) is 0.811. The maximum atomic E-state index is 13.7. The highest BCUT2D eigenvalue weighted by molar-refractivity contribution is 5.77. The number of ether oxygens (including phenoxy) is 1. The van der Waals surface area contributed by atoms with Crippen LogP contribution in [0.5, 0.6) is 5.75 Å². The molecule has 0 bridgehead atoms. The lowest BCUT2D eigenvalue weighted by atomic mass is 10.1. The fraction of sp³-hybridized carbons (Fsp3) is 0.462. The Morgan fingerprint density at radius 2 is 2.22 bits per heavy atom. The molecule has 5 heteroatoms. The van der Waals surface area contributed by atoms with Crippen molar-refractivity contribution < 1.29 is 13.9 Å². The van der Waals surface area contributed by atoms with E-state index in [9.17, 15) is 9.18 Å². The predicted molar refractivity (Wildman–Crippen MR) is 68.1 cm³/mol. The van der Waals surface area contributed by atoms with Crippen LogP contribution in [-0.2, 0) is 4.79 Å². The van der Waals surface area contributed by atoms with E-state index in [0.29, 0.717) is 17.9 Å². The van der Waals surface area contributed by atoms with Crippen molar-refractivity contribution in [2.45, 2.75) is 19.9 Å². The van der Waals surface area contributed by atoms with E-state index in [1.54, 1.807) is 19.1 Å². The van der Waals surface area contributed by atoms with Crippen molar-refractivity contribution in [3.8, 4) is 5.75 Å². The zero-order valence-electron chi connectivity index (χ0n) is 10.9. The summed E-state index contributed by atoms with van der Waals surface area (Å²) in [5.41, 5.74) is 0.435. The fourth-order valence-electron chi connectivity index (χ4n) is 1.72. The van der Waals surface area contributed by atoms with Gasteiger partial charge in [-0.25, -0.2) is 4.39 Å². The predicted octanol–water partition coefficient (Wildman–Crippen LogP) is 1.62. The smallest absolute Gasteiger partial charge is 0.233 e. The normalized spacial score (nSPS) is 12.0. The summed E-state index contributed by atoms with van der Waals surface area (Å²) < 4.78 is 18.9. The summed E-state index contributed by atoms with van der Waals surface area (Å²) >= 11 is 0. The number of methoxy groups -OCH3 is 1. The van der Waals surface area contributed by atoms with Crippen molar-refractivity contribution in [2.75, 3.05) is 20.2 Å². The lowest BCUT2D eigenvalue weighted by Crippen LogP contribution is -2.35. The van der Waals surface area contributed by atoms with E-state index in [2.05, 4.69) is 10.6 Å². The van der Waals surface area contributed by atoms with Crippen LogP contribution in [0.2, 0.25) is 0 Å². The summed E-state index contributed by atoms with van der Waals surface area (Å²) in [5.74, 6) is 0.0239. The van der Waals surface area contributed by atoms with E-state index in [-0.39, 0.29) is 24.3 Å². The van der Waals surface area contributed by atoms with Crippen molar-refractivity contribution in [1.82, 2.24) is 10.6 Å². The van der Waals surface area contributed by atoms with E-state index in [1.807, 2.05) is 6.92 Å². The molecule has 0 heterocycles. The molecule has 1 unspecified atom stereocenters. The van der Waals surface area contributed by atoms with Crippen LogP contribution in [0.25, 0.3) is 0 Å². The Labute approximate surface area is 107 Å². The molecule has 1 atom stereocenters. The summed E-state index contributed by atoms with van der Waals surface area (Å²) in [5, 5.41) is 5.64. The number of rotatable bonds is 6. The summed E-state index contributed by atoms with van der Waals surface area (Å²) in [6.07, 6.45) is 0. The van der Waals surface area contributed by atoms with Gasteiger partial charge in [0.1, 0.15) is 11.6 Å². The summed E-state index contributed by atoms with van der Waals surface area (Å²) in [6.45, 7) is 4.37. The van der Waals surface area contributed by atoms with E-state index < -0.39 is 0 Å². The highest BCUT2D eigenvalue weighted by atomic mass is 19.1. The highest BCUT2D eigenvalue weighted by Crippen LogP contribution is 2.27. The number of benzene rings is 1. The van der Waals surface area contributed by atoms with Gasteiger partial charge >= 0.3 is 0 Å². The molecule has 0 radical (unpaired) electrons. The number of carbonyl (C=O) groups excluding carboxylic acids is 1. The van der Waals surface area contributed by atoms with Gasteiger partial charge in [0, 0.05) is 18.2 Å². The van der Waals surface area contributed by atoms with E-state index in [0.717, 1.165) is 0 Å². The lowest BCUT2D eigenvalue weighted by molar-refractivity contribution is -0.120. The van der Waals surface area contributed by atoms with Gasteiger partial charge in [0.2, 0.25) is 5.91 Å². The minimum atomic E-state index is -0.342. The minimum absolute atomic E-state index is 0.111. The zero-order chi connectivity index (χ0) is 13.5. The van der Waals surface area contributed by atoms with Gasteiger partial charge in [0.15, 0.2) is 0 Å². The molecule has 1 rings (SSSR count). The molecule has 0 aliphatic heterocycles. The molecule has 0 aliphatic rings. The number of hydrogen-bond acceptors (Lipinski definition) is 3. The highest BCUT2D eigenvalue weighted by Gasteiger charge is 2.16. The minimum Gasteiger partial charge on any atom is -0.496 e. The van der Waals surface area contributed by atoms with Crippen molar-refractivity contribution in [3.05, 3.63) is 29.6 Å². The first-order chi connectivity index (χ1) is 8.60. The molecule has 1 amide bonds. The second kappa shape index (κ2) is 6.96. The molecule has 100 valence electrons. The Hall–Kier alpha value is -1.62. The largest absolute Gasteiger partial charge is 0.496 e. The average Bonchev–Trinajstić information content (AvgIpc) is 2.36. The molecular weight excluding hydrogens is 235 g/mol. The van der Waals surface area contributed by atoms with Crippen molar-refractivity contribution >= 4 is 5.91 Å². The topological polar surface area (TPSA) is 50.4 Å². The summed E-state index contributed by atoms with van der Waals surface area (Å²) in [7, 11) is 1.49. The molecule has 1 aromatic carbocycles. The van der Waals surface area contributed by atoms with Gasteiger partial charge < -0.3 is 15.4 Å². The number of carbonyl (C=O) groups is 1. The second-order valence-corrected chi connectivity index (χ2v) is 3.91. The van der Waals surface area contributed by atoms with Gasteiger partial charge in [0.25, 0.3) is 0 Å². The average molecular weight is 254 g/mol. The number of amides is 1. The standard InChI is InChI=1S/C13H19FN2O2/c1-4-15-12(17)8-16-9(2)13-10(14)6-5-7-11(13)18-3/h5-7,9,16H,4,8H2,1-3H3,(H,15,17). The Bertz CT molecular complexity index is 410. The van der Waals surface area contributed by atoms with E-state index >= 15 is 0 Å². The van der Waals surface area contributed by atoms with Crippen LogP contribution < -0.4 is 15.4 Å². The molecule has 0 fully saturated rings. The molecule has 0 aromatic heterocycles. The fourth-order valence-corrected chi connectivity index (χ4v) is 1.72. The maximum absolute atomic E-state index is 13.7. The molecule has 18 heavy (non-hydrogen) atoms. The van der Waals surface area contributed by atoms with Gasteiger partial charge in [0.05, 0.1) is 13.7 Å². The molecule has 0 aliphatic carbocycles. The Balaban J connectivity index is 2.72. The van der Waals surface area contributed by atoms with Crippen molar-refractivity contribution in [1.29, 1.82) is 0 Å². The lowest BCUT2D eigenvalue weighted by Gasteiger charge is -2.17. The second-order valence-electron chi connectivity index (χ2n) is 3.91. The SMILES string of the molecule is CCNC(=O)CNC(C)c1c(F)cccc1OC. The molecule has 4 nitrogen and oxygen atoms in total. The first-order valence-corrected chi connectivity index (χ1v) is 5.92. The third-order valence-electron chi connectivity index (χ3n) is 2.61. The first kappa shape index (κ1) is 14.4. The number of nitrogens with one attached hydrogen (secondary N) is 2. The van der Waals surface area contributed by atoms with Crippen LogP contribution in [0, 0.1) is 5.82 Å². The third kappa shape index (κ3) is 3.70. The Morgan fingerprint density at radius 3 is 2.83 bits per heavy atom. The molecule has 0 saturated carbocycles. The molecule has 0 spiro atoms. The van der Waals surface area contributed by atoms with Crippen molar-refractivity contribution in [3.63, 3.8) is 0 Å². The molecular formula is C13H19FN2O2. The van der Waals surface area contributed by atoms with Gasteiger partial charge in [-0.15, -0.1) is 0 Å². The monoisotopic (exact) mass is 254 g/mol. The summed E-state index contributed by atoms with van der Waals surface area (Å²) in [6, 6.07) is 4.36. The van der Waals surface area contributed by atoms with Gasteiger partial charge in [-0.2, -0.15) is 0 Å². The van der Waals surface area contributed by atoms with E-state index in [4.69, 9.17) is 4.74 Å². The maximum Gasteiger partial charge on any atom is 0.233 e. The van der Waals surface area contributed by atoms with Crippen LogP contribution in [-0.4, -0.2) is 26.1 Å². The van der Waals surface area contributed by atoms with Gasteiger partial charge in [-0.05, 0) is 26.0 Å². The molecule has 2 N–H and O–H groups in total. The van der Waals surface area contributed by atoms with Crippen LogP contribution in [0.15, 0.2) is 18.2 Å². The Kier molecular flexibility index (Phi) is 5.58. The van der Waals surface area contributed by atoms with Crippen LogP contribution in [0.4, 0.5) is 4.39 Å². The van der Waals surface area contributed by atoms with Crippen LogP contribution in [0.1, 0.15) is 25.5 Å². The molecule has 0 saturated heterocycles. The van der Waals surface area contributed by atoms with E-state index in [1.165, 1.54) is 13.2 Å². The zero-order valence-corrected chi connectivity index (χ0v) is 10.9. The third-order valence-corrected chi connectivity index (χ3v) is 2.61. The number of hydrogen-bond donors (Lipinski definition) is 2. The van der Waals surface area contributed by atoms with Crippen LogP contribution in [0.3, 0.4) is 0 Å². The Morgan fingerprint density at radius 1 is 1.50 bits per heavy atom. The molecule has 1 aromatic rings. The van der Waals surface area contributed by atoms with Crippen LogP contribution >= 0.6 is 0 Å².